The fraction of sp³-hybridized carbons (Fsp3) is 0.333. The molecule has 1 aliphatic heterocycles. The number of carbonyl (C=O) groups is 6. The van der Waals surface area contributed by atoms with Gasteiger partial charge in [0.15, 0.2) is 0 Å². The van der Waals surface area contributed by atoms with Gasteiger partial charge < -0.3 is 0 Å². The fourth-order valence-corrected chi connectivity index (χ4v) is 3.66. The topological polar surface area (TPSA) is 106 Å². The first-order valence-electron chi connectivity index (χ1n) is 8.31. The van der Waals surface area contributed by atoms with E-state index in [4.69, 9.17) is 0 Å². The molecule has 2 rings (SSSR count). The molecule has 0 radical (unpaired) electrons. The summed E-state index contributed by atoms with van der Waals surface area (Å²) in [5.41, 5.74) is -0.0933. The first-order chi connectivity index (χ1) is 12.5. The van der Waals surface area contributed by atoms with Crippen LogP contribution in [0.5, 0.6) is 0 Å². The Balaban J connectivity index is 3.16. The second-order valence-corrected chi connectivity index (χ2v) is 6.23. The molecule has 142 valence electrons. The van der Waals surface area contributed by atoms with Gasteiger partial charge in [-0.25, -0.2) is 28.8 Å². The minimum absolute atomic E-state index is 0.0467. The zero-order valence-corrected chi connectivity index (χ0v) is 15.8. The van der Waals surface area contributed by atoms with Gasteiger partial charge in [0, 0.05) is 5.12 Å². The quantitative estimate of drug-likeness (QED) is 0.673. The molecule has 0 unspecified atom stereocenters. The number of quaternary nitrogens is 2. The predicted octanol–water partition coefficient (Wildman–Crippen LogP) is 0.952. The molecule has 0 spiro atoms. The summed E-state index contributed by atoms with van der Waals surface area (Å²) in [7, 11) is 0. The van der Waals surface area contributed by atoms with Crippen LogP contribution < -0.4 is 0 Å². The molecule has 2 bridgehead atoms. The molecule has 6 amide bonds. The lowest BCUT2D eigenvalue weighted by Crippen LogP contribution is -2.82. The summed E-state index contributed by atoms with van der Waals surface area (Å²) in [4.78, 5) is 77.4. The van der Waals surface area contributed by atoms with E-state index < -0.39 is 44.6 Å². The lowest BCUT2D eigenvalue weighted by atomic mass is 10.1. The number of hydrogen-bond donors (Lipinski definition) is 0. The summed E-state index contributed by atoms with van der Waals surface area (Å²) in [5.74, 6) is -5.59. The molecule has 0 aliphatic carbocycles. The molecule has 0 saturated carbocycles. The highest BCUT2D eigenvalue weighted by molar-refractivity contribution is 6.08. The number of hydrogen-bond acceptors (Lipinski definition) is 7. The van der Waals surface area contributed by atoms with E-state index in [1.807, 2.05) is 0 Å². The average molecular weight is 375 g/mol. The Hall–Kier alpha value is -2.88. The van der Waals surface area contributed by atoms with Gasteiger partial charge >= 0.3 is 35.4 Å². The molecule has 9 nitrogen and oxygen atoms in total. The first kappa shape index (κ1) is 20.4. The summed E-state index contributed by atoms with van der Waals surface area (Å²) in [6.45, 7) is 5.20. The van der Waals surface area contributed by atoms with Gasteiger partial charge in [0.25, 0.3) is 0 Å². The molecule has 9 heteroatoms. The molecule has 27 heavy (non-hydrogen) atoms. The van der Waals surface area contributed by atoms with Crippen molar-refractivity contribution in [3.05, 3.63) is 35.4 Å². The van der Waals surface area contributed by atoms with E-state index >= 15 is 0 Å². The minimum Gasteiger partial charge on any atom is -0.228 e. The van der Waals surface area contributed by atoms with Crippen LogP contribution in [0.25, 0.3) is 0 Å². The molecule has 1 aliphatic rings. The van der Waals surface area contributed by atoms with Crippen molar-refractivity contribution in [2.75, 3.05) is 6.54 Å². The molecular weight excluding hydrogens is 354 g/mol. The lowest BCUT2D eigenvalue weighted by molar-refractivity contribution is -1.06. The van der Waals surface area contributed by atoms with Crippen LogP contribution >= 0.6 is 0 Å². The largest absolute Gasteiger partial charge is 0.384 e. The van der Waals surface area contributed by atoms with Gasteiger partial charge in [-0.2, -0.15) is 0 Å². The second kappa shape index (κ2) is 6.69. The highest BCUT2D eigenvalue weighted by atomic mass is 16.3. The number of fused-ring (bicyclic) bond motifs is 2. The Kier molecular flexibility index (Phi) is 5.06. The SMILES string of the molecule is CCN1[N+](C(C)=O)(C(C)=O)C(=O)c2cccc(c2)C(=O)[N+]1(C(C)=O)C(C)=O. The van der Waals surface area contributed by atoms with Crippen molar-refractivity contribution in [2.24, 2.45) is 0 Å². The summed E-state index contributed by atoms with van der Waals surface area (Å²) >= 11 is 0. The Bertz CT molecular complexity index is 809. The fourth-order valence-electron chi connectivity index (χ4n) is 3.66. The monoisotopic (exact) mass is 375 g/mol. The molecule has 0 atom stereocenters. The minimum atomic E-state index is -1.58. The normalized spacial score (nSPS) is 18.4. The number of rotatable bonds is 1. The van der Waals surface area contributed by atoms with Crippen LogP contribution in [0.1, 0.15) is 55.3 Å². The van der Waals surface area contributed by atoms with Gasteiger partial charge in [0.2, 0.25) is 0 Å². The number of benzene rings is 1. The average Bonchev–Trinajstić information content (AvgIpc) is 2.59. The van der Waals surface area contributed by atoms with Crippen molar-refractivity contribution < 1.29 is 38.0 Å². The summed E-state index contributed by atoms with van der Waals surface area (Å²) in [6, 6.07) is 5.32. The van der Waals surface area contributed by atoms with E-state index in [9.17, 15) is 28.8 Å². The summed E-state index contributed by atoms with van der Waals surface area (Å²) in [6.07, 6.45) is 0. The maximum Gasteiger partial charge on any atom is 0.384 e. The molecule has 0 aromatic heterocycles. The highest BCUT2D eigenvalue weighted by Crippen LogP contribution is 2.33. The van der Waals surface area contributed by atoms with Crippen molar-refractivity contribution in [2.45, 2.75) is 34.6 Å². The van der Waals surface area contributed by atoms with E-state index in [0.717, 1.165) is 32.8 Å². The van der Waals surface area contributed by atoms with Crippen LogP contribution in [0.4, 0.5) is 0 Å². The molecule has 1 aromatic rings. The molecule has 1 aromatic carbocycles. The van der Waals surface area contributed by atoms with Gasteiger partial charge in [0.1, 0.15) is 6.54 Å². The van der Waals surface area contributed by atoms with Gasteiger partial charge in [-0.3, -0.25) is 0 Å². The van der Waals surface area contributed by atoms with Crippen LogP contribution in [-0.2, 0) is 19.2 Å². The van der Waals surface area contributed by atoms with Gasteiger partial charge in [-0.05, 0) is 34.3 Å². The van der Waals surface area contributed by atoms with E-state index in [2.05, 4.69) is 0 Å². The standard InChI is InChI=1S/C18H21N3O6/c1-6-19-20(11(2)22,12(3)23)17(26)15-8-7-9-16(10-15)18(27)21(19,13(4)24)14(5)25/h7-10H,6H2,1-5H3/q+2. The van der Waals surface area contributed by atoms with E-state index in [0.29, 0.717) is 0 Å². The molecule has 0 saturated heterocycles. The van der Waals surface area contributed by atoms with Gasteiger partial charge in [-0.15, -0.1) is 0 Å². The lowest BCUT2D eigenvalue weighted by Gasteiger charge is -2.43. The second-order valence-electron chi connectivity index (χ2n) is 6.23. The molecular formula is C18H21N3O6+2. The van der Waals surface area contributed by atoms with Crippen LogP contribution in [-0.4, -0.2) is 56.3 Å². The number of nitrogens with zero attached hydrogens (tertiary/aromatic N) is 3. The number of imide groups is 6. The maximum atomic E-state index is 13.3. The van der Waals surface area contributed by atoms with E-state index in [1.54, 1.807) is 0 Å². The zero-order chi connectivity index (χ0) is 20.7. The van der Waals surface area contributed by atoms with Gasteiger partial charge in [0.05, 0.1) is 38.8 Å². The van der Waals surface area contributed by atoms with Crippen molar-refractivity contribution in [1.29, 1.82) is 0 Å². The third-order valence-corrected chi connectivity index (χ3v) is 4.74. The Morgan fingerprint density at radius 1 is 0.778 bits per heavy atom. The summed E-state index contributed by atoms with van der Waals surface area (Å²) < 4.78 is -3.16. The first-order valence-corrected chi connectivity index (χ1v) is 8.31. The van der Waals surface area contributed by atoms with Gasteiger partial charge in [-0.1, -0.05) is 6.07 Å². The van der Waals surface area contributed by atoms with Crippen molar-refractivity contribution >= 4 is 35.4 Å². The predicted molar refractivity (Wildman–Crippen MR) is 90.7 cm³/mol. The van der Waals surface area contributed by atoms with Crippen molar-refractivity contribution in [1.82, 2.24) is 5.12 Å². The van der Waals surface area contributed by atoms with Crippen molar-refractivity contribution in [3.8, 4) is 0 Å². The van der Waals surface area contributed by atoms with Crippen LogP contribution in [0.2, 0.25) is 0 Å². The third kappa shape index (κ3) is 2.43. The zero-order valence-electron chi connectivity index (χ0n) is 15.8. The molecule has 0 fully saturated rings. The molecule has 1 heterocycles. The number of carbonyl (C=O) groups excluding carboxylic acids is 6. The van der Waals surface area contributed by atoms with Crippen LogP contribution in [0.3, 0.4) is 0 Å². The maximum absolute atomic E-state index is 13.3. The van der Waals surface area contributed by atoms with E-state index in [-0.39, 0.29) is 17.7 Å². The Morgan fingerprint density at radius 3 is 1.37 bits per heavy atom. The third-order valence-electron chi connectivity index (χ3n) is 4.74. The van der Waals surface area contributed by atoms with Crippen LogP contribution in [0, 0.1) is 0 Å². The van der Waals surface area contributed by atoms with Crippen molar-refractivity contribution in [3.63, 3.8) is 0 Å². The molecule has 0 N–H and O–H groups in total. The Morgan fingerprint density at radius 2 is 1.11 bits per heavy atom. The smallest absolute Gasteiger partial charge is 0.228 e. The van der Waals surface area contributed by atoms with E-state index in [1.165, 1.54) is 31.2 Å². The van der Waals surface area contributed by atoms with Crippen LogP contribution in [0.15, 0.2) is 24.3 Å². The number of amides is 6. The highest BCUT2D eigenvalue weighted by Gasteiger charge is 2.69. The summed E-state index contributed by atoms with van der Waals surface area (Å²) in [5, 5.41) is 0.764. The Labute approximate surface area is 155 Å².